The van der Waals surface area contributed by atoms with E-state index in [-0.39, 0.29) is 6.61 Å². The van der Waals surface area contributed by atoms with Crippen molar-refractivity contribution >= 4 is 5.95 Å². The van der Waals surface area contributed by atoms with Gasteiger partial charge in [-0.1, -0.05) is 0 Å². The first kappa shape index (κ1) is 10.4. The number of hydrogen-bond donors (Lipinski definition) is 1. The highest BCUT2D eigenvalue weighted by molar-refractivity contribution is 5.31. The summed E-state index contributed by atoms with van der Waals surface area (Å²) in [4.78, 5) is 10.8. The molecule has 1 saturated heterocycles. The second-order valence-electron chi connectivity index (χ2n) is 4.17. The summed E-state index contributed by atoms with van der Waals surface area (Å²) in [7, 11) is 0. The predicted octanol–water partition coefficient (Wildman–Crippen LogP) is 0.994. The van der Waals surface area contributed by atoms with Crippen molar-refractivity contribution in [3.63, 3.8) is 0 Å². The highest BCUT2D eigenvalue weighted by atomic mass is 16.3. The van der Waals surface area contributed by atoms with Crippen LogP contribution in [-0.2, 0) is 0 Å². The topological polar surface area (TPSA) is 49.2 Å². The highest BCUT2D eigenvalue weighted by Gasteiger charge is 2.23. The highest BCUT2D eigenvalue weighted by Crippen LogP contribution is 2.22. The molecule has 1 fully saturated rings. The lowest BCUT2D eigenvalue weighted by Crippen LogP contribution is -2.22. The second-order valence-corrected chi connectivity index (χ2v) is 4.17. The summed E-state index contributed by atoms with van der Waals surface area (Å²) in [5.74, 6) is 1.42. The molecule has 0 spiro atoms. The number of aromatic nitrogens is 2. The molecule has 0 aliphatic carbocycles. The van der Waals surface area contributed by atoms with Gasteiger partial charge in [0.15, 0.2) is 0 Å². The zero-order chi connectivity index (χ0) is 10.7. The molecule has 4 nitrogen and oxygen atoms in total. The summed E-state index contributed by atoms with van der Waals surface area (Å²) in [6.45, 7) is 4.26. The summed E-state index contributed by atoms with van der Waals surface area (Å²) in [6.07, 6.45) is 5.73. The maximum atomic E-state index is 8.87. The largest absolute Gasteiger partial charge is 0.396 e. The minimum Gasteiger partial charge on any atom is -0.396 e. The third-order valence-corrected chi connectivity index (χ3v) is 2.87. The quantitative estimate of drug-likeness (QED) is 0.803. The Morgan fingerprint density at radius 3 is 2.87 bits per heavy atom. The lowest BCUT2D eigenvalue weighted by Gasteiger charge is -2.15. The van der Waals surface area contributed by atoms with Crippen molar-refractivity contribution in [2.45, 2.75) is 19.8 Å². The van der Waals surface area contributed by atoms with E-state index in [1.807, 2.05) is 19.3 Å². The Hall–Kier alpha value is -1.16. The van der Waals surface area contributed by atoms with Gasteiger partial charge >= 0.3 is 0 Å². The van der Waals surface area contributed by atoms with Gasteiger partial charge in [-0.15, -0.1) is 0 Å². The van der Waals surface area contributed by atoms with Crippen molar-refractivity contribution in [2.75, 3.05) is 24.6 Å². The van der Waals surface area contributed by atoms with Gasteiger partial charge in [-0.2, -0.15) is 0 Å². The van der Waals surface area contributed by atoms with E-state index >= 15 is 0 Å². The Balaban J connectivity index is 1.98. The van der Waals surface area contributed by atoms with Gasteiger partial charge in [-0.25, -0.2) is 9.97 Å². The van der Waals surface area contributed by atoms with E-state index in [2.05, 4.69) is 14.9 Å². The Bertz CT molecular complexity index is 312. The first-order chi connectivity index (χ1) is 7.29. The lowest BCUT2D eigenvalue weighted by molar-refractivity contribution is 0.263. The SMILES string of the molecule is Cc1cnc(N2CCC(CCO)C2)nc1. The van der Waals surface area contributed by atoms with Crippen molar-refractivity contribution in [3.05, 3.63) is 18.0 Å². The fraction of sp³-hybridized carbons (Fsp3) is 0.636. The van der Waals surface area contributed by atoms with Gasteiger partial charge in [0, 0.05) is 32.1 Å². The number of aryl methyl sites for hydroxylation is 1. The molecule has 0 radical (unpaired) electrons. The zero-order valence-corrected chi connectivity index (χ0v) is 9.06. The normalized spacial score (nSPS) is 20.9. The third kappa shape index (κ3) is 2.45. The van der Waals surface area contributed by atoms with Crippen LogP contribution in [0.4, 0.5) is 5.95 Å². The van der Waals surface area contributed by atoms with E-state index < -0.39 is 0 Å². The van der Waals surface area contributed by atoms with Crippen LogP contribution in [0.1, 0.15) is 18.4 Å². The van der Waals surface area contributed by atoms with Gasteiger partial charge in [-0.05, 0) is 31.2 Å². The van der Waals surface area contributed by atoms with Crippen LogP contribution in [-0.4, -0.2) is 34.8 Å². The summed E-state index contributed by atoms with van der Waals surface area (Å²) < 4.78 is 0. The fourth-order valence-corrected chi connectivity index (χ4v) is 1.98. The zero-order valence-electron chi connectivity index (χ0n) is 9.06. The Kier molecular flexibility index (Phi) is 3.16. The van der Waals surface area contributed by atoms with Gasteiger partial charge < -0.3 is 10.0 Å². The minimum absolute atomic E-state index is 0.285. The van der Waals surface area contributed by atoms with E-state index in [0.717, 1.165) is 37.4 Å². The second kappa shape index (κ2) is 4.57. The van der Waals surface area contributed by atoms with Crippen LogP contribution in [0.15, 0.2) is 12.4 Å². The Labute approximate surface area is 90.0 Å². The van der Waals surface area contributed by atoms with Crippen LogP contribution >= 0.6 is 0 Å². The Morgan fingerprint density at radius 2 is 2.20 bits per heavy atom. The standard InChI is InChI=1S/C11H17N3O/c1-9-6-12-11(13-7-9)14-4-2-10(8-14)3-5-15/h6-7,10,15H,2-5,8H2,1H3. The van der Waals surface area contributed by atoms with Gasteiger partial charge in [-0.3, -0.25) is 0 Å². The summed E-state index contributed by atoms with van der Waals surface area (Å²) in [5.41, 5.74) is 1.09. The number of anilines is 1. The van der Waals surface area contributed by atoms with Crippen LogP contribution in [0.3, 0.4) is 0 Å². The van der Waals surface area contributed by atoms with Crippen LogP contribution in [0, 0.1) is 12.8 Å². The average molecular weight is 207 g/mol. The number of aliphatic hydroxyl groups is 1. The molecular formula is C11H17N3O. The van der Waals surface area contributed by atoms with Crippen molar-refractivity contribution in [2.24, 2.45) is 5.92 Å². The van der Waals surface area contributed by atoms with Crippen LogP contribution in [0.25, 0.3) is 0 Å². The monoisotopic (exact) mass is 207 g/mol. The molecule has 1 aliphatic rings. The third-order valence-electron chi connectivity index (χ3n) is 2.87. The fourth-order valence-electron chi connectivity index (χ4n) is 1.98. The van der Waals surface area contributed by atoms with Crippen molar-refractivity contribution in [1.29, 1.82) is 0 Å². The minimum atomic E-state index is 0.285. The average Bonchev–Trinajstić information content (AvgIpc) is 2.68. The molecule has 0 bridgehead atoms. The predicted molar refractivity (Wildman–Crippen MR) is 58.8 cm³/mol. The first-order valence-corrected chi connectivity index (χ1v) is 5.44. The van der Waals surface area contributed by atoms with E-state index in [1.165, 1.54) is 0 Å². The summed E-state index contributed by atoms with van der Waals surface area (Å²) >= 11 is 0. The molecule has 4 heteroatoms. The molecule has 0 saturated carbocycles. The Morgan fingerprint density at radius 1 is 1.47 bits per heavy atom. The molecule has 2 heterocycles. The summed E-state index contributed by atoms with van der Waals surface area (Å²) in [5, 5.41) is 8.87. The first-order valence-electron chi connectivity index (χ1n) is 5.44. The molecule has 1 aromatic heterocycles. The van der Waals surface area contributed by atoms with Gasteiger partial charge in [0.1, 0.15) is 0 Å². The van der Waals surface area contributed by atoms with E-state index in [1.54, 1.807) is 0 Å². The maximum absolute atomic E-state index is 8.87. The van der Waals surface area contributed by atoms with Crippen LogP contribution in [0.2, 0.25) is 0 Å². The molecule has 1 N–H and O–H groups in total. The smallest absolute Gasteiger partial charge is 0.225 e. The van der Waals surface area contributed by atoms with E-state index in [0.29, 0.717) is 5.92 Å². The molecule has 1 atom stereocenters. The van der Waals surface area contributed by atoms with Crippen molar-refractivity contribution in [1.82, 2.24) is 9.97 Å². The molecule has 2 rings (SSSR count). The molecule has 15 heavy (non-hydrogen) atoms. The number of aliphatic hydroxyl groups excluding tert-OH is 1. The van der Waals surface area contributed by atoms with Crippen molar-refractivity contribution in [3.8, 4) is 0 Å². The van der Waals surface area contributed by atoms with Gasteiger partial charge in [0.05, 0.1) is 0 Å². The molecule has 1 aliphatic heterocycles. The van der Waals surface area contributed by atoms with Gasteiger partial charge in [0.25, 0.3) is 0 Å². The van der Waals surface area contributed by atoms with Crippen LogP contribution in [0.5, 0.6) is 0 Å². The van der Waals surface area contributed by atoms with Crippen molar-refractivity contribution < 1.29 is 5.11 Å². The number of hydrogen-bond acceptors (Lipinski definition) is 4. The molecule has 82 valence electrons. The molecule has 0 amide bonds. The maximum Gasteiger partial charge on any atom is 0.225 e. The number of rotatable bonds is 3. The lowest BCUT2D eigenvalue weighted by atomic mass is 10.1. The number of nitrogens with zero attached hydrogens (tertiary/aromatic N) is 3. The van der Waals surface area contributed by atoms with Crippen LogP contribution < -0.4 is 4.90 Å². The molecule has 0 aromatic carbocycles. The van der Waals surface area contributed by atoms with E-state index in [9.17, 15) is 0 Å². The molecular weight excluding hydrogens is 190 g/mol. The van der Waals surface area contributed by atoms with E-state index in [4.69, 9.17) is 5.11 Å². The van der Waals surface area contributed by atoms with Gasteiger partial charge in [0.2, 0.25) is 5.95 Å². The summed E-state index contributed by atoms with van der Waals surface area (Å²) in [6, 6.07) is 0. The molecule has 1 aromatic rings. The molecule has 1 unspecified atom stereocenters.